The highest BCUT2D eigenvalue weighted by Gasteiger charge is 2.10. The fourth-order valence-electron chi connectivity index (χ4n) is 1.96. The summed E-state index contributed by atoms with van der Waals surface area (Å²) in [7, 11) is 0. The SMILES string of the molecule is O=c1c2cccnc2ncn1Cc1c(F)cccc1Cl. The molecule has 6 heteroatoms. The van der Waals surface area contributed by atoms with Crippen molar-refractivity contribution < 1.29 is 4.39 Å². The molecular formula is C14H9ClFN3O. The van der Waals surface area contributed by atoms with Crippen LogP contribution in [0.25, 0.3) is 11.0 Å². The third-order valence-corrected chi connectivity index (χ3v) is 3.34. The lowest BCUT2D eigenvalue weighted by Crippen LogP contribution is -2.22. The molecule has 0 saturated carbocycles. The van der Waals surface area contributed by atoms with Crippen molar-refractivity contribution in [1.29, 1.82) is 0 Å². The second-order valence-corrected chi connectivity index (χ2v) is 4.66. The first kappa shape index (κ1) is 12.7. The van der Waals surface area contributed by atoms with Gasteiger partial charge in [-0.1, -0.05) is 17.7 Å². The first-order chi connectivity index (χ1) is 9.66. The summed E-state index contributed by atoms with van der Waals surface area (Å²) in [6.07, 6.45) is 2.91. The molecule has 2 aromatic heterocycles. The van der Waals surface area contributed by atoms with Crippen molar-refractivity contribution in [1.82, 2.24) is 14.5 Å². The van der Waals surface area contributed by atoms with Crippen molar-refractivity contribution in [2.24, 2.45) is 0 Å². The third-order valence-electron chi connectivity index (χ3n) is 2.99. The average molecular weight is 290 g/mol. The van der Waals surface area contributed by atoms with E-state index in [0.717, 1.165) is 0 Å². The van der Waals surface area contributed by atoms with Gasteiger partial charge < -0.3 is 0 Å². The molecule has 0 atom stereocenters. The van der Waals surface area contributed by atoms with Gasteiger partial charge in [-0.15, -0.1) is 0 Å². The molecule has 100 valence electrons. The van der Waals surface area contributed by atoms with E-state index in [1.807, 2.05) is 0 Å². The maximum Gasteiger partial charge on any atom is 0.263 e. The quantitative estimate of drug-likeness (QED) is 0.728. The van der Waals surface area contributed by atoms with Crippen LogP contribution < -0.4 is 5.56 Å². The van der Waals surface area contributed by atoms with Crippen LogP contribution in [0.2, 0.25) is 5.02 Å². The minimum Gasteiger partial charge on any atom is -0.294 e. The molecule has 0 spiro atoms. The number of benzene rings is 1. The Balaban J connectivity index is 2.12. The van der Waals surface area contributed by atoms with Crippen LogP contribution in [0.1, 0.15) is 5.56 Å². The number of aromatic nitrogens is 3. The number of halogens is 2. The summed E-state index contributed by atoms with van der Waals surface area (Å²) < 4.78 is 15.1. The van der Waals surface area contributed by atoms with Crippen LogP contribution in [-0.2, 0) is 6.54 Å². The second-order valence-electron chi connectivity index (χ2n) is 4.25. The Bertz CT molecular complexity index is 827. The highest BCUT2D eigenvalue weighted by Crippen LogP contribution is 2.19. The van der Waals surface area contributed by atoms with Crippen molar-refractivity contribution in [3.63, 3.8) is 0 Å². The van der Waals surface area contributed by atoms with E-state index in [0.29, 0.717) is 11.0 Å². The van der Waals surface area contributed by atoms with E-state index >= 15 is 0 Å². The van der Waals surface area contributed by atoms with Crippen molar-refractivity contribution in [2.75, 3.05) is 0 Å². The zero-order valence-corrected chi connectivity index (χ0v) is 11.0. The van der Waals surface area contributed by atoms with Crippen LogP contribution in [0.4, 0.5) is 4.39 Å². The van der Waals surface area contributed by atoms with E-state index in [4.69, 9.17) is 11.6 Å². The molecule has 4 nitrogen and oxygen atoms in total. The Hall–Kier alpha value is -2.27. The van der Waals surface area contributed by atoms with Crippen LogP contribution in [0.5, 0.6) is 0 Å². The number of fused-ring (bicyclic) bond motifs is 1. The molecule has 2 heterocycles. The van der Waals surface area contributed by atoms with Gasteiger partial charge in [-0.2, -0.15) is 0 Å². The fourth-order valence-corrected chi connectivity index (χ4v) is 2.19. The maximum absolute atomic E-state index is 13.7. The Morgan fingerprint density at radius 1 is 1.20 bits per heavy atom. The standard InChI is InChI=1S/C14H9ClFN3O/c15-11-4-1-5-12(16)10(11)7-19-8-18-13-9(14(19)20)3-2-6-17-13/h1-6,8H,7H2. The Morgan fingerprint density at radius 2 is 2.05 bits per heavy atom. The van der Waals surface area contributed by atoms with Crippen LogP contribution >= 0.6 is 11.6 Å². The van der Waals surface area contributed by atoms with Crippen LogP contribution in [0, 0.1) is 5.82 Å². The van der Waals surface area contributed by atoms with E-state index in [-0.39, 0.29) is 22.7 Å². The number of hydrogen-bond acceptors (Lipinski definition) is 3. The number of nitrogens with zero attached hydrogens (tertiary/aromatic N) is 3. The van der Waals surface area contributed by atoms with E-state index in [9.17, 15) is 9.18 Å². The van der Waals surface area contributed by atoms with Gasteiger partial charge in [0.2, 0.25) is 0 Å². The summed E-state index contributed by atoms with van der Waals surface area (Å²) in [4.78, 5) is 20.4. The van der Waals surface area contributed by atoms with Gasteiger partial charge in [-0.05, 0) is 24.3 Å². The molecule has 1 aromatic carbocycles. The van der Waals surface area contributed by atoms with Crippen LogP contribution in [0.15, 0.2) is 47.7 Å². The molecule has 0 bridgehead atoms. The highest BCUT2D eigenvalue weighted by molar-refractivity contribution is 6.31. The van der Waals surface area contributed by atoms with E-state index in [1.165, 1.54) is 23.0 Å². The molecule has 0 amide bonds. The summed E-state index contributed by atoms with van der Waals surface area (Å²) in [5.41, 5.74) is 0.358. The first-order valence-corrected chi connectivity index (χ1v) is 6.27. The number of rotatable bonds is 2. The van der Waals surface area contributed by atoms with Gasteiger partial charge in [0.15, 0.2) is 5.65 Å². The molecule has 0 aliphatic carbocycles. The van der Waals surface area contributed by atoms with Gasteiger partial charge in [0.25, 0.3) is 5.56 Å². The lowest BCUT2D eigenvalue weighted by Gasteiger charge is -2.08. The number of hydrogen-bond donors (Lipinski definition) is 0. The molecule has 0 unspecified atom stereocenters. The van der Waals surface area contributed by atoms with Crippen molar-refractivity contribution in [3.8, 4) is 0 Å². The van der Waals surface area contributed by atoms with E-state index in [2.05, 4.69) is 9.97 Å². The largest absolute Gasteiger partial charge is 0.294 e. The normalized spacial score (nSPS) is 10.9. The van der Waals surface area contributed by atoms with Gasteiger partial charge in [-0.3, -0.25) is 9.36 Å². The predicted molar refractivity (Wildman–Crippen MR) is 74.3 cm³/mol. The van der Waals surface area contributed by atoms with Crippen molar-refractivity contribution in [3.05, 3.63) is 69.6 Å². The molecule has 3 rings (SSSR count). The van der Waals surface area contributed by atoms with Crippen LogP contribution in [0.3, 0.4) is 0 Å². The maximum atomic E-state index is 13.7. The molecule has 20 heavy (non-hydrogen) atoms. The predicted octanol–water partition coefficient (Wildman–Crippen LogP) is 2.63. The topological polar surface area (TPSA) is 47.8 Å². The lowest BCUT2D eigenvalue weighted by molar-refractivity contribution is 0.595. The zero-order chi connectivity index (χ0) is 14.1. The zero-order valence-electron chi connectivity index (χ0n) is 10.3. The molecule has 0 aliphatic rings. The Kier molecular flexibility index (Phi) is 3.20. The summed E-state index contributed by atoms with van der Waals surface area (Å²) in [6, 6.07) is 7.71. The van der Waals surface area contributed by atoms with E-state index in [1.54, 1.807) is 24.4 Å². The molecule has 0 aliphatic heterocycles. The van der Waals surface area contributed by atoms with Gasteiger partial charge >= 0.3 is 0 Å². The fraction of sp³-hybridized carbons (Fsp3) is 0.0714. The van der Waals surface area contributed by atoms with Crippen LogP contribution in [-0.4, -0.2) is 14.5 Å². The lowest BCUT2D eigenvalue weighted by atomic mass is 10.2. The van der Waals surface area contributed by atoms with Gasteiger partial charge in [-0.25, -0.2) is 14.4 Å². The summed E-state index contributed by atoms with van der Waals surface area (Å²) in [5, 5.41) is 0.672. The monoisotopic (exact) mass is 289 g/mol. The minimum atomic E-state index is -0.448. The van der Waals surface area contributed by atoms with Crippen molar-refractivity contribution in [2.45, 2.75) is 6.54 Å². The minimum absolute atomic E-state index is 0.0299. The van der Waals surface area contributed by atoms with Gasteiger partial charge in [0, 0.05) is 16.8 Å². The Morgan fingerprint density at radius 3 is 2.85 bits per heavy atom. The molecular weight excluding hydrogens is 281 g/mol. The van der Waals surface area contributed by atoms with Crippen molar-refractivity contribution >= 4 is 22.6 Å². The summed E-state index contributed by atoms with van der Waals surface area (Å²) in [6.45, 7) is 0.0299. The smallest absolute Gasteiger partial charge is 0.263 e. The third kappa shape index (κ3) is 2.16. The summed E-state index contributed by atoms with van der Waals surface area (Å²) in [5.74, 6) is -0.448. The second kappa shape index (κ2) is 5.02. The molecule has 0 saturated heterocycles. The first-order valence-electron chi connectivity index (χ1n) is 5.90. The molecule has 0 N–H and O–H groups in total. The average Bonchev–Trinajstić information content (AvgIpc) is 2.45. The molecule has 0 fully saturated rings. The van der Waals surface area contributed by atoms with Gasteiger partial charge in [0.1, 0.15) is 12.1 Å². The number of pyridine rings is 1. The molecule has 0 radical (unpaired) electrons. The van der Waals surface area contributed by atoms with E-state index < -0.39 is 5.82 Å². The highest BCUT2D eigenvalue weighted by atomic mass is 35.5. The van der Waals surface area contributed by atoms with Gasteiger partial charge in [0.05, 0.1) is 11.9 Å². The molecule has 3 aromatic rings. The summed E-state index contributed by atoms with van der Waals surface area (Å²) >= 11 is 5.96. The Labute approximate surface area is 118 Å².